The van der Waals surface area contributed by atoms with Crippen LogP contribution in [0.2, 0.25) is 0 Å². The number of nitrogens with zero attached hydrogens (tertiary/aromatic N) is 2. The molecule has 0 aliphatic carbocycles. The van der Waals surface area contributed by atoms with Crippen molar-refractivity contribution in [3.8, 4) is 0 Å². The van der Waals surface area contributed by atoms with Gasteiger partial charge in [-0.2, -0.15) is 0 Å². The maximum atomic E-state index is 11.8. The number of nitrogens with one attached hydrogen (secondary N) is 1. The molecule has 2 rings (SSSR count). The maximum absolute atomic E-state index is 11.8. The van der Waals surface area contributed by atoms with Gasteiger partial charge < -0.3 is 11.1 Å². The van der Waals surface area contributed by atoms with Crippen molar-refractivity contribution in [2.45, 2.75) is 13.5 Å². The van der Waals surface area contributed by atoms with Crippen molar-refractivity contribution in [3.05, 3.63) is 39.8 Å². The van der Waals surface area contributed by atoms with Gasteiger partial charge in [0.05, 0.1) is 6.54 Å². The summed E-state index contributed by atoms with van der Waals surface area (Å²) in [5.41, 5.74) is 6.46. The molecule has 0 bridgehead atoms. The lowest BCUT2D eigenvalue weighted by atomic mass is 10.3. The van der Waals surface area contributed by atoms with Gasteiger partial charge >= 0.3 is 0 Å². The van der Waals surface area contributed by atoms with Gasteiger partial charge in [-0.05, 0) is 24.4 Å². The van der Waals surface area contributed by atoms with E-state index in [1.807, 2.05) is 17.5 Å². The number of anilines is 1. The molecule has 6 heteroatoms. The Morgan fingerprint density at radius 2 is 2.35 bits per heavy atom. The minimum atomic E-state index is -0.240. The third-order valence-electron chi connectivity index (χ3n) is 2.11. The second kappa shape index (κ2) is 4.92. The molecule has 0 atom stereocenters. The van der Waals surface area contributed by atoms with Crippen molar-refractivity contribution < 1.29 is 4.79 Å². The van der Waals surface area contributed by atoms with E-state index in [1.54, 1.807) is 24.3 Å². The number of rotatable bonds is 3. The van der Waals surface area contributed by atoms with Crippen molar-refractivity contribution in [2.75, 3.05) is 5.73 Å². The van der Waals surface area contributed by atoms with Crippen LogP contribution in [0.25, 0.3) is 0 Å². The van der Waals surface area contributed by atoms with E-state index in [9.17, 15) is 4.79 Å². The summed E-state index contributed by atoms with van der Waals surface area (Å²) in [4.78, 5) is 20.7. The average molecular weight is 248 g/mol. The predicted molar refractivity (Wildman–Crippen MR) is 66.7 cm³/mol. The second-order valence-corrected chi connectivity index (χ2v) is 4.55. The van der Waals surface area contributed by atoms with Crippen LogP contribution in [0.4, 0.5) is 5.95 Å². The Morgan fingerprint density at radius 1 is 1.53 bits per heavy atom. The highest BCUT2D eigenvalue weighted by Crippen LogP contribution is 2.08. The number of nitrogens with two attached hydrogens (primary N) is 1. The van der Waals surface area contributed by atoms with E-state index in [0.29, 0.717) is 17.9 Å². The minimum absolute atomic E-state index is 0.117. The van der Waals surface area contributed by atoms with Gasteiger partial charge in [0.25, 0.3) is 5.91 Å². The molecular weight excluding hydrogens is 236 g/mol. The predicted octanol–water partition coefficient (Wildman–Crippen LogP) is 1.36. The van der Waals surface area contributed by atoms with E-state index in [0.717, 1.165) is 4.88 Å². The van der Waals surface area contributed by atoms with Crippen LogP contribution in [-0.4, -0.2) is 15.9 Å². The lowest BCUT2D eigenvalue weighted by Gasteiger charge is -2.04. The summed E-state index contributed by atoms with van der Waals surface area (Å²) in [6, 6.07) is 5.52. The zero-order chi connectivity index (χ0) is 12.3. The van der Waals surface area contributed by atoms with Crippen LogP contribution in [0.5, 0.6) is 0 Å². The molecule has 0 spiro atoms. The molecule has 0 fully saturated rings. The fourth-order valence-electron chi connectivity index (χ4n) is 1.38. The summed E-state index contributed by atoms with van der Waals surface area (Å²) in [6.45, 7) is 2.27. The SMILES string of the molecule is Cc1cc(C(=O)NCc2cccs2)nc(N)n1. The van der Waals surface area contributed by atoms with Gasteiger partial charge in [0.2, 0.25) is 5.95 Å². The fraction of sp³-hybridized carbons (Fsp3) is 0.182. The first kappa shape index (κ1) is 11.5. The summed E-state index contributed by atoms with van der Waals surface area (Å²) in [5, 5.41) is 4.75. The lowest BCUT2D eigenvalue weighted by Crippen LogP contribution is -2.24. The lowest BCUT2D eigenvalue weighted by molar-refractivity contribution is 0.0946. The molecule has 0 aliphatic rings. The van der Waals surface area contributed by atoms with Gasteiger partial charge in [-0.15, -0.1) is 11.3 Å². The van der Waals surface area contributed by atoms with Crippen molar-refractivity contribution in [1.82, 2.24) is 15.3 Å². The van der Waals surface area contributed by atoms with E-state index in [-0.39, 0.29) is 11.9 Å². The van der Waals surface area contributed by atoms with Crippen LogP contribution in [0.3, 0.4) is 0 Å². The highest BCUT2D eigenvalue weighted by molar-refractivity contribution is 7.09. The molecule has 3 N–H and O–H groups in total. The van der Waals surface area contributed by atoms with Crippen LogP contribution in [0.1, 0.15) is 21.1 Å². The van der Waals surface area contributed by atoms with Gasteiger partial charge in [-0.25, -0.2) is 9.97 Å². The maximum Gasteiger partial charge on any atom is 0.270 e. The normalized spacial score (nSPS) is 10.2. The number of nitrogen functional groups attached to an aromatic ring is 1. The fourth-order valence-corrected chi connectivity index (χ4v) is 2.02. The molecular formula is C11H12N4OS. The minimum Gasteiger partial charge on any atom is -0.368 e. The first-order valence-corrected chi connectivity index (χ1v) is 5.95. The molecule has 2 aromatic rings. The number of thiophene rings is 1. The van der Waals surface area contributed by atoms with Gasteiger partial charge in [-0.3, -0.25) is 4.79 Å². The molecule has 0 aromatic carbocycles. The first-order valence-electron chi connectivity index (χ1n) is 5.07. The van der Waals surface area contributed by atoms with Gasteiger partial charge in [0.15, 0.2) is 0 Å². The smallest absolute Gasteiger partial charge is 0.270 e. The van der Waals surface area contributed by atoms with Crippen molar-refractivity contribution >= 4 is 23.2 Å². The molecule has 0 radical (unpaired) electrons. The monoisotopic (exact) mass is 248 g/mol. The Kier molecular flexibility index (Phi) is 3.34. The molecule has 0 saturated carbocycles. The number of aryl methyl sites for hydroxylation is 1. The second-order valence-electron chi connectivity index (χ2n) is 3.51. The Labute approximate surface area is 103 Å². The van der Waals surface area contributed by atoms with E-state index in [4.69, 9.17) is 5.73 Å². The molecule has 0 unspecified atom stereocenters. The Morgan fingerprint density at radius 3 is 3.00 bits per heavy atom. The number of amides is 1. The van der Waals surface area contributed by atoms with E-state index >= 15 is 0 Å². The average Bonchev–Trinajstić information content (AvgIpc) is 2.77. The van der Waals surface area contributed by atoms with Crippen LogP contribution in [-0.2, 0) is 6.54 Å². The van der Waals surface area contributed by atoms with Crippen LogP contribution in [0.15, 0.2) is 23.6 Å². The third-order valence-corrected chi connectivity index (χ3v) is 2.98. The topological polar surface area (TPSA) is 80.9 Å². The highest BCUT2D eigenvalue weighted by atomic mass is 32.1. The van der Waals surface area contributed by atoms with Gasteiger partial charge in [-0.1, -0.05) is 6.07 Å². The summed E-state index contributed by atoms with van der Waals surface area (Å²) >= 11 is 1.59. The standard InChI is InChI=1S/C11H12N4OS/c1-7-5-9(15-11(12)14-7)10(16)13-6-8-3-2-4-17-8/h2-5H,6H2,1H3,(H,13,16)(H2,12,14,15). The largest absolute Gasteiger partial charge is 0.368 e. The number of aromatic nitrogens is 2. The van der Waals surface area contributed by atoms with E-state index < -0.39 is 0 Å². The van der Waals surface area contributed by atoms with Gasteiger partial charge in [0, 0.05) is 10.6 Å². The molecule has 1 amide bonds. The van der Waals surface area contributed by atoms with Crippen molar-refractivity contribution in [3.63, 3.8) is 0 Å². The highest BCUT2D eigenvalue weighted by Gasteiger charge is 2.09. The first-order chi connectivity index (χ1) is 8.15. The summed E-state index contributed by atoms with van der Waals surface area (Å²) in [5.74, 6) is -0.123. The summed E-state index contributed by atoms with van der Waals surface area (Å²) < 4.78 is 0. The quantitative estimate of drug-likeness (QED) is 0.859. The van der Waals surface area contributed by atoms with E-state index in [2.05, 4.69) is 15.3 Å². The van der Waals surface area contributed by atoms with Gasteiger partial charge in [0.1, 0.15) is 5.69 Å². The zero-order valence-corrected chi connectivity index (χ0v) is 10.1. The third kappa shape index (κ3) is 3.01. The van der Waals surface area contributed by atoms with Crippen LogP contribution < -0.4 is 11.1 Å². The Balaban J connectivity index is 2.04. The molecule has 5 nitrogen and oxygen atoms in total. The number of carbonyl (C=O) groups is 1. The molecule has 2 aromatic heterocycles. The molecule has 0 aliphatic heterocycles. The summed E-state index contributed by atoms with van der Waals surface area (Å²) in [7, 11) is 0. The molecule has 0 saturated heterocycles. The Bertz CT molecular complexity index is 504. The van der Waals surface area contributed by atoms with E-state index in [1.165, 1.54) is 0 Å². The van der Waals surface area contributed by atoms with Crippen LogP contribution in [0, 0.1) is 6.92 Å². The zero-order valence-electron chi connectivity index (χ0n) is 9.30. The number of hydrogen-bond donors (Lipinski definition) is 2. The molecule has 17 heavy (non-hydrogen) atoms. The summed E-state index contributed by atoms with van der Waals surface area (Å²) in [6.07, 6.45) is 0. The number of carbonyl (C=O) groups excluding carboxylic acids is 1. The van der Waals surface area contributed by atoms with Crippen LogP contribution >= 0.6 is 11.3 Å². The molecule has 88 valence electrons. The number of hydrogen-bond acceptors (Lipinski definition) is 5. The Hall–Kier alpha value is -1.95. The molecule has 2 heterocycles. The van der Waals surface area contributed by atoms with Crippen molar-refractivity contribution in [2.24, 2.45) is 0 Å². The van der Waals surface area contributed by atoms with Crippen molar-refractivity contribution in [1.29, 1.82) is 0 Å².